The summed E-state index contributed by atoms with van der Waals surface area (Å²) in [6.45, 7) is 1.63. The molecule has 0 radical (unpaired) electrons. The van der Waals surface area contributed by atoms with Crippen LogP contribution >= 0.6 is 0 Å². The van der Waals surface area contributed by atoms with E-state index in [4.69, 9.17) is 8.83 Å². The Bertz CT molecular complexity index is 853. The van der Waals surface area contributed by atoms with Crippen LogP contribution in [-0.2, 0) is 4.74 Å². The molecule has 0 N–H and O–H groups in total. The number of esters is 1. The van der Waals surface area contributed by atoms with E-state index in [2.05, 4.69) is 4.74 Å². The molecule has 0 saturated carbocycles. The zero-order valence-electron chi connectivity index (χ0n) is 10.4. The van der Waals surface area contributed by atoms with Gasteiger partial charge in [0.25, 0.3) is 0 Å². The van der Waals surface area contributed by atoms with Crippen molar-refractivity contribution in [2.45, 2.75) is 6.92 Å². The number of benzene rings is 1. The second-order valence-electron chi connectivity index (χ2n) is 4.14. The lowest BCUT2D eigenvalue weighted by Gasteiger charge is -1.95. The van der Waals surface area contributed by atoms with E-state index < -0.39 is 11.6 Å². The number of furan rings is 1. The lowest BCUT2D eigenvalue weighted by atomic mass is 10.1. The number of rotatable bonds is 1. The van der Waals surface area contributed by atoms with Crippen LogP contribution in [0.3, 0.4) is 0 Å². The standard InChI is InChI=1S/C14H10O5/c1-7-10-12(19-11(7)14(16)17-2)8-5-3-4-6-9(8)18-13(10)15/h3-6H,1-2H3. The van der Waals surface area contributed by atoms with Crippen LogP contribution in [-0.4, -0.2) is 13.1 Å². The first-order valence-corrected chi connectivity index (χ1v) is 5.66. The lowest BCUT2D eigenvalue weighted by Crippen LogP contribution is -2.03. The van der Waals surface area contributed by atoms with Gasteiger partial charge in [-0.25, -0.2) is 9.59 Å². The fourth-order valence-electron chi connectivity index (χ4n) is 2.13. The third kappa shape index (κ3) is 1.55. The van der Waals surface area contributed by atoms with Crippen LogP contribution in [0.1, 0.15) is 16.1 Å². The molecule has 1 aromatic carbocycles. The molecule has 2 heterocycles. The molecular weight excluding hydrogens is 248 g/mol. The summed E-state index contributed by atoms with van der Waals surface area (Å²) in [6, 6.07) is 7.00. The smallest absolute Gasteiger partial charge is 0.374 e. The van der Waals surface area contributed by atoms with E-state index in [0.717, 1.165) is 0 Å². The molecule has 5 heteroatoms. The van der Waals surface area contributed by atoms with Crippen LogP contribution in [0.4, 0.5) is 0 Å². The van der Waals surface area contributed by atoms with Gasteiger partial charge in [-0.05, 0) is 19.1 Å². The number of hydrogen-bond acceptors (Lipinski definition) is 5. The molecule has 0 amide bonds. The van der Waals surface area contributed by atoms with E-state index in [-0.39, 0.29) is 11.1 Å². The quantitative estimate of drug-likeness (QED) is 0.495. The molecule has 0 unspecified atom stereocenters. The fraction of sp³-hybridized carbons (Fsp3) is 0.143. The Balaban J connectivity index is 2.52. The van der Waals surface area contributed by atoms with Crippen molar-refractivity contribution in [3.8, 4) is 0 Å². The molecule has 2 aromatic heterocycles. The largest absolute Gasteiger partial charge is 0.463 e. The van der Waals surface area contributed by atoms with Gasteiger partial charge in [-0.15, -0.1) is 0 Å². The van der Waals surface area contributed by atoms with Gasteiger partial charge in [0.15, 0.2) is 5.58 Å². The Morgan fingerprint density at radius 2 is 1.95 bits per heavy atom. The number of ether oxygens (including phenoxy) is 1. The van der Waals surface area contributed by atoms with Crippen molar-refractivity contribution >= 4 is 27.9 Å². The van der Waals surface area contributed by atoms with Gasteiger partial charge in [-0.1, -0.05) is 12.1 Å². The van der Waals surface area contributed by atoms with Gasteiger partial charge < -0.3 is 13.6 Å². The number of para-hydroxylation sites is 1. The summed E-state index contributed by atoms with van der Waals surface area (Å²) in [6.07, 6.45) is 0. The minimum Gasteiger partial charge on any atom is -0.463 e. The Morgan fingerprint density at radius 3 is 2.68 bits per heavy atom. The van der Waals surface area contributed by atoms with Crippen molar-refractivity contribution in [1.82, 2.24) is 0 Å². The minimum absolute atomic E-state index is 0.0288. The number of carbonyl (C=O) groups is 1. The Kier molecular flexibility index (Phi) is 2.41. The maximum atomic E-state index is 12.0. The van der Waals surface area contributed by atoms with E-state index >= 15 is 0 Å². The molecule has 0 saturated heterocycles. The number of methoxy groups -OCH3 is 1. The average molecular weight is 258 g/mol. The van der Waals surface area contributed by atoms with Crippen LogP contribution in [0.15, 0.2) is 37.9 Å². The predicted molar refractivity (Wildman–Crippen MR) is 68.3 cm³/mol. The van der Waals surface area contributed by atoms with Gasteiger partial charge in [-0.3, -0.25) is 0 Å². The summed E-state index contributed by atoms with van der Waals surface area (Å²) in [7, 11) is 1.26. The molecular formula is C14H10O5. The zero-order valence-corrected chi connectivity index (χ0v) is 10.4. The molecule has 3 aromatic rings. The van der Waals surface area contributed by atoms with Crippen molar-refractivity contribution in [2.24, 2.45) is 0 Å². The Hall–Kier alpha value is -2.56. The zero-order chi connectivity index (χ0) is 13.6. The summed E-state index contributed by atoms with van der Waals surface area (Å²) >= 11 is 0. The SMILES string of the molecule is COC(=O)c1oc2c(c1C)c(=O)oc1ccccc12. The molecule has 19 heavy (non-hydrogen) atoms. The average Bonchev–Trinajstić information content (AvgIpc) is 2.77. The molecule has 0 atom stereocenters. The first-order valence-electron chi connectivity index (χ1n) is 5.66. The highest BCUT2D eigenvalue weighted by molar-refractivity contribution is 6.05. The summed E-state index contributed by atoms with van der Waals surface area (Å²) in [4.78, 5) is 23.6. The lowest BCUT2D eigenvalue weighted by molar-refractivity contribution is 0.0566. The van der Waals surface area contributed by atoms with Gasteiger partial charge in [0, 0.05) is 5.56 Å². The van der Waals surface area contributed by atoms with Gasteiger partial charge >= 0.3 is 11.6 Å². The molecule has 3 rings (SSSR count). The number of carbonyl (C=O) groups excluding carboxylic acids is 1. The summed E-state index contributed by atoms with van der Waals surface area (Å²) in [5, 5.41) is 0.925. The first-order chi connectivity index (χ1) is 9.13. The molecule has 0 bridgehead atoms. The topological polar surface area (TPSA) is 69.7 Å². The molecule has 0 aliphatic rings. The third-order valence-electron chi connectivity index (χ3n) is 3.06. The minimum atomic E-state index is -0.614. The second kappa shape index (κ2) is 3.98. The summed E-state index contributed by atoms with van der Waals surface area (Å²) in [5.74, 6) is -0.585. The number of aryl methyl sites for hydroxylation is 1. The fourth-order valence-corrected chi connectivity index (χ4v) is 2.13. The van der Waals surface area contributed by atoms with Gasteiger partial charge in [0.2, 0.25) is 5.76 Å². The van der Waals surface area contributed by atoms with E-state index in [9.17, 15) is 9.59 Å². The number of hydrogen-bond donors (Lipinski definition) is 0. The molecule has 0 spiro atoms. The highest BCUT2D eigenvalue weighted by atomic mass is 16.5. The maximum Gasteiger partial charge on any atom is 0.374 e. The Labute approximate surface area is 107 Å². The van der Waals surface area contributed by atoms with E-state index in [1.54, 1.807) is 31.2 Å². The van der Waals surface area contributed by atoms with Crippen molar-refractivity contribution in [3.05, 3.63) is 46.0 Å². The van der Waals surface area contributed by atoms with Crippen LogP contribution in [0.5, 0.6) is 0 Å². The van der Waals surface area contributed by atoms with Crippen LogP contribution in [0, 0.1) is 6.92 Å². The summed E-state index contributed by atoms with van der Waals surface area (Å²) in [5.41, 5.74) is 0.682. The number of fused-ring (bicyclic) bond motifs is 3. The second-order valence-corrected chi connectivity index (χ2v) is 4.14. The van der Waals surface area contributed by atoms with Crippen molar-refractivity contribution in [2.75, 3.05) is 7.11 Å². The molecule has 96 valence electrons. The van der Waals surface area contributed by atoms with E-state index in [1.165, 1.54) is 7.11 Å². The van der Waals surface area contributed by atoms with Crippen molar-refractivity contribution in [1.29, 1.82) is 0 Å². The van der Waals surface area contributed by atoms with Crippen LogP contribution in [0.2, 0.25) is 0 Å². The summed E-state index contributed by atoms with van der Waals surface area (Å²) < 4.78 is 15.4. The molecule has 5 nitrogen and oxygen atoms in total. The van der Waals surface area contributed by atoms with E-state index in [1.807, 2.05) is 0 Å². The van der Waals surface area contributed by atoms with Gasteiger partial charge in [0.05, 0.1) is 12.5 Å². The normalized spacial score (nSPS) is 11.1. The van der Waals surface area contributed by atoms with Gasteiger partial charge in [-0.2, -0.15) is 0 Å². The van der Waals surface area contributed by atoms with Gasteiger partial charge in [0.1, 0.15) is 11.0 Å². The third-order valence-corrected chi connectivity index (χ3v) is 3.06. The van der Waals surface area contributed by atoms with Crippen molar-refractivity contribution < 1.29 is 18.4 Å². The highest BCUT2D eigenvalue weighted by Gasteiger charge is 2.22. The maximum absolute atomic E-state index is 12.0. The predicted octanol–water partition coefficient (Wildman–Crippen LogP) is 2.63. The highest BCUT2D eigenvalue weighted by Crippen LogP contribution is 2.29. The van der Waals surface area contributed by atoms with Crippen LogP contribution in [0.25, 0.3) is 21.9 Å². The molecule has 0 aliphatic carbocycles. The van der Waals surface area contributed by atoms with E-state index in [0.29, 0.717) is 22.1 Å². The molecule has 0 aliphatic heterocycles. The first kappa shape index (κ1) is 11.5. The Morgan fingerprint density at radius 1 is 1.21 bits per heavy atom. The van der Waals surface area contributed by atoms with Crippen molar-refractivity contribution in [3.63, 3.8) is 0 Å². The van der Waals surface area contributed by atoms with Crippen LogP contribution < -0.4 is 5.63 Å². The molecule has 0 fully saturated rings. The monoisotopic (exact) mass is 258 g/mol.